The number of aliphatic imine (C=N–C) groups is 1. The van der Waals surface area contributed by atoms with E-state index in [2.05, 4.69) is 14.7 Å². The SMILES string of the molecule is O=S=C1C(Cl)=CC=C2N=C(C(=O)NS(=O)(=O)Cc3ccncc3)C(c3ccccc3)=C21. The molecule has 0 atom stereocenters. The number of pyridine rings is 1. The molecule has 1 aromatic carbocycles. The Morgan fingerprint density at radius 1 is 1.03 bits per heavy atom. The highest BCUT2D eigenvalue weighted by molar-refractivity contribution is 7.89. The molecule has 1 aliphatic carbocycles. The third kappa shape index (κ3) is 4.34. The molecule has 0 bridgehead atoms. The van der Waals surface area contributed by atoms with Crippen LogP contribution in [0.25, 0.3) is 5.57 Å². The van der Waals surface area contributed by atoms with Gasteiger partial charge in [-0.05, 0) is 35.4 Å². The molecule has 0 fully saturated rings. The topological polar surface area (TPSA) is 106 Å². The van der Waals surface area contributed by atoms with Gasteiger partial charge in [-0.25, -0.2) is 22.3 Å². The van der Waals surface area contributed by atoms with E-state index in [9.17, 15) is 17.4 Å². The number of sulfonamides is 1. The summed E-state index contributed by atoms with van der Waals surface area (Å²) in [6.45, 7) is 0. The first-order valence-corrected chi connectivity index (χ1v) is 11.7. The molecule has 4 rings (SSSR count). The van der Waals surface area contributed by atoms with Gasteiger partial charge in [-0.2, -0.15) is 0 Å². The number of hydrogen-bond donors (Lipinski definition) is 1. The average molecular weight is 472 g/mol. The fourth-order valence-corrected chi connectivity index (χ4v) is 5.00. The first-order chi connectivity index (χ1) is 14.9. The number of amides is 1. The van der Waals surface area contributed by atoms with Crippen LogP contribution in [-0.2, 0) is 31.8 Å². The smallest absolute Gasteiger partial charge is 0.266 e. The third-order valence-corrected chi connectivity index (χ3v) is 6.75. The van der Waals surface area contributed by atoms with Crippen molar-refractivity contribution in [2.24, 2.45) is 4.99 Å². The first kappa shape index (κ1) is 21.1. The van der Waals surface area contributed by atoms with E-state index in [-0.39, 0.29) is 26.9 Å². The molecule has 0 saturated carbocycles. The summed E-state index contributed by atoms with van der Waals surface area (Å²) >= 11 is 6.39. The zero-order valence-electron chi connectivity index (χ0n) is 15.8. The Balaban J connectivity index is 1.74. The van der Waals surface area contributed by atoms with Gasteiger partial charge in [-0.1, -0.05) is 41.9 Å². The van der Waals surface area contributed by atoms with Crippen molar-refractivity contribution in [1.82, 2.24) is 9.71 Å². The number of fused-ring (bicyclic) bond motifs is 1. The van der Waals surface area contributed by atoms with Crippen LogP contribution in [0.5, 0.6) is 0 Å². The van der Waals surface area contributed by atoms with Gasteiger partial charge in [-0.15, -0.1) is 0 Å². The Hall–Kier alpha value is -3.14. The number of rotatable bonds is 5. The third-order valence-electron chi connectivity index (χ3n) is 4.52. The van der Waals surface area contributed by atoms with Crippen molar-refractivity contribution in [3.8, 4) is 0 Å². The molecule has 156 valence electrons. The largest absolute Gasteiger partial charge is 0.284 e. The molecule has 7 nitrogen and oxygen atoms in total. The molecule has 0 radical (unpaired) electrons. The van der Waals surface area contributed by atoms with Gasteiger partial charge in [0.2, 0.25) is 10.0 Å². The lowest BCUT2D eigenvalue weighted by molar-refractivity contribution is -0.113. The van der Waals surface area contributed by atoms with E-state index in [4.69, 9.17) is 11.6 Å². The van der Waals surface area contributed by atoms with Crippen LogP contribution in [0, 0.1) is 0 Å². The van der Waals surface area contributed by atoms with Crippen molar-refractivity contribution >= 4 is 54.9 Å². The number of hydrogen-bond acceptors (Lipinski definition) is 6. The van der Waals surface area contributed by atoms with E-state index < -0.39 is 21.7 Å². The highest BCUT2D eigenvalue weighted by Crippen LogP contribution is 2.37. The van der Waals surface area contributed by atoms with Crippen molar-refractivity contribution < 1.29 is 17.4 Å². The van der Waals surface area contributed by atoms with Crippen LogP contribution in [0.2, 0.25) is 0 Å². The number of benzene rings is 1. The summed E-state index contributed by atoms with van der Waals surface area (Å²) in [7, 11) is -4.00. The Morgan fingerprint density at radius 2 is 1.74 bits per heavy atom. The van der Waals surface area contributed by atoms with E-state index in [1.54, 1.807) is 48.5 Å². The van der Waals surface area contributed by atoms with Crippen LogP contribution < -0.4 is 4.72 Å². The molecule has 1 N–H and O–H groups in total. The van der Waals surface area contributed by atoms with Gasteiger partial charge in [0.1, 0.15) is 5.71 Å². The number of nitrogens with one attached hydrogen (secondary N) is 1. The normalized spacial score (nSPS) is 15.6. The Kier molecular flexibility index (Phi) is 5.81. The summed E-state index contributed by atoms with van der Waals surface area (Å²) in [4.78, 5) is 21.4. The van der Waals surface area contributed by atoms with Gasteiger partial charge in [0, 0.05) is 23.5 Å². The molecule has 2 heterocycles. The summed E-state index contributed by atoms with van der Waals surface area (Å²) < 4.78 is 39.0. The second kappa shape index (κ2) is 8.54. The lowest BCUT2D eigenvalue weighted by Crippen LogP contribution is -2.37. The maximum atomic E-state index is 13.0. The second-order valence-electron chi connectivity index (χ2n) is 6.60. The van der Waals surface area contributed by atoms with Crippen molar-refractivity contribution in [2.75, 3.05) is 0 Å². The molecule has 0 spiro atoms. The number of carbonyl (C=O) groups excluding carboxylic acids is 1. The van der Waals surface area contributed by atoms with Crippen LogP contribution >= 0.6 is 11.6 Å². The van der Waals surface area contributed by atoms with E-state index in [1.807, 2.05) is 0 Å². The highest BCUT2D eigenvalue weighted by Gasteiger charge is 2.35. The standard InChI is InChI=1S/C21H14ClN3O4S2/c22-15-6-7-16-18(20(15)30-27)17(14-4-2-1-3-5-14)19(24-16)21(26)25-31(28,29)12-13-8-10-23-11-9-13/h1-11H,12H2,(H,25,26). The van der Waals surface area contributed by atoms with Crippen LogP contribution in [0.15, 0.2) is 88.3 Å². The molecular weight excluding hydrogens is 458 g/mol. The average Bonchev–Trinajstić information content (AvgIpc) is 3.14. The summed E-state index contributed by atoms with van der Waals surface area (Å²) in [5, 5.41) is 0.231. The number of aromatic nitrogens is 1. The summed E-state index contributed by atoms with van der Waals surface area (Å²) in [5.41, 5.74) is 2.13. The van der Waals surface area contributed by atoms with Crippen molar-refractivity contribution in [1.29, 1.82) is 0 Å². The monoisotopic (exact) mass is 471 g/mol. The molecule has 0 unspecified atom stereocenters. The Morgan fingerprint density at radius 3 is 2.42 bits per heavy atom. The van der Waals surface area contributed by atoms with E-state index in [0.717, 1.165) is 0 Å². The van der Waals surface area contributed by atoms with Gasteiger partial charge >= 0.3 is 0 Å². The van der Waals surface area contributed by atoms with E-state index >= 15 is 0 Å². The van der Waals surface area contributed by atoms with Gasteiger partial charge in [-0.3, -0.25) is 9.78 Å². The van der Waals surface area contributed by atoms with Gasteiger partial charge in [0.05, 0.1) is 32.6 Å². The van der Waals surface area contributed by atoms with Crippen LogP contribution in [0.1, 0.15) is 11.1 Å². The number of halogens is 1. The predicted octanol–water partition coefficient (Wildman–Crippen LogP) is 2.34. The molecule has 1 amide bonds. The fraction of sp³-hybridized carbons (Fsp3) is 0.0476. The van der Waals surface area contributed by atoms with Gasteiger partial charge in [0.15, 0.2) is 0 Å². The maximum absolute atomic E-state index is 13.0. The Labute approximate surface area is 187 Å². The number of nitrogens with zero attached hydrogens (tertiary/aromatic N) is 2. The summed E-state index contributed by atoms with van der Waals surface area (Å²) in [6.07, 6.45) is 6.05. The molecule has 2 aromatic rings. The molecular formula is C21H14ClN3O4S2. The molecule has 10 heteroatoms. The van der Waals surface area contributed by atoms with Crippen LogP contribution in [0.3, 0.4) is 0 Å². The van der Waals surface area contributed by atoms with Crippen LogP contribution in [-0.4, -0.2) is 34.1 Å². The summed E-state index contributed by atoms with van der Waals surface area (Å²) in [5.74, 6) is -1.28. The number of carbonyl (C=O) groups is 1. The lowest BCUT2D eigenvalue weighted by Gasteiger charge is -2.13. The zero-order chi connectivity index (χ0) is 22.0. The minimum atomic E-state index is -4.00. The van der Waals surface area contributed by atoms with E-state index in [1.165, 1.54) is 18.5 Å². The fourth-order valence-electron chi connectivity index (χ4n) is 3.23. The highest BCUT2D eigenvalue weighted by atomic mass is 35.5. The second-order valence-corrected chi connectivity index (χ2v) is 9.31. The summed E-state index contributed by atoms with van der Waals surface area (Å²) in [6, 6.07) is 11.9. The lowest BCUT2D eigenvalue weighted by atomic mass is 9.92. The van der Waals surface area contributed by atoms with Crippen molar-refractivity contribution in [3.63, 3.8) is 0 Å². The number of allylic oxidation sites excluding steroid dienone is 4. The predicted molar refractivity (Wildman–Crippen MR) is 121 cm³/mol. The zero-order valence-corrected chi connectivity index (χ0v) is 18.2. The molecule has 1 aromatic heterocycles. The molecule has 31 heavy (non-hydrogen) atoms. The van der Waals surface area contributed by atoms with Crippen LogP contribution in [0.4, 0.5) is 0 Å². The van der Waals surface area contributed by atoms with Gasteiger partial charge in [0.25, 0.3) is 5.91 Å². The minimum Gasteiger partial charge on any atom is -0.266 e. The molecule has 1 aliphatic heterocycles. The quantitative estimate of drug-likeness (QED) is 0.674. The van der Waals surface area contributed by atoms with Gasteiger partial charge < -0.3 is 0 Å². The Bertz CT molecular complexity index is 1360. The van der Waals surface area contributed by atoms with Crippen molar-refractivity contribution in [3.05, 3.63) is 94.4 Å². The van der Waals surface area contributed by atoms with E-state index in [0.29, 0.717) is 28.0 Å². The molecule has 0 saturated heterocycles. The molecule has 2 aliphatic rings. The first-order valence-electron chi connectivity index (χ1n) is 8.97. The minimum absolute atomic E-state index is 0.0999. The maximum Gasteiger partial charge on any atom is 0.284 e. The van der Waals surface area contributed by atoms with Crippen molar-refractivity contribution in [2.45, 2.75) is 5.75 Å².